The maximum atomic E-state index is 12.2. The van der Waals surface area contributed by atoms with Crippen LogP contribution < -0.4 is 10.0 Å². The maximum absolute atomic E-state index is 12.2. The normalized spacial score (nSPS) is 16.8. The number of anilines is 1. The fourth-order valence-corrected chi connectivity index (χ4v) is 3.48. The highest BCUT2D eigenvalue weighted by molar-refractivity contribution is 7.89. The van der Waals surface area contributed by atoms with Gasteiger partial charge < -0.3 is 10.1 Å². The molecular formula is C15H22N2O4S. The molecule has 7 heteroatoms. The minimum atomic E-state index is -3.58. The first-order valence-electron chi connectivity index (χ1n) is 7.34. The molecule has 0 aliphatic heterocycles. The van der Waals surface area contributed by atoms with E-state index in [0.29, 0.717) is 12.3 Å². The van der Waals surface area contributed by atoms with Crippen LogP contribution in [0.2, 0.25) is 0 Å². The topological polar surface area (TPSA) is 84.5 Å². The Morgan fingerprint density at radius 1 is 1.32 bits per heavy atom. The largest absolute Gasteiger partial charge is 0.383 e. The SMILES string of the molecule is COCC(C)NS(=O)(=O)c1ccc(NC(=O)C2CCC2)cc1. The lowest BCUT2D eigenvalue weighted by Crippen LogP contribution is -2.35. The quantitative estimate of drug-likeness (QED) is 0.799. The van der Waals surface area contributed by atoms with Gasteiger partial charge in [-0.1, -0.05) is 6.42 Å². The van der Waals surface area contributed by atoms with Gasteiger partial charge >= 0.3 is 0 Å². The van der Waals surface area contributed by atoms with E-state index in [9.17, 15) is 13.2 Å². The molecule has 1 aromatic carbocycles. The molecule has 1 aliphatic carbocycles. The zero-order valence-corrected chi connectivity index (χ0v) is 13.7. The number of hydrogen-bond acceptors (Lipinski definition) is 4. The number of carbonyl (C=O) groups excluding carboxylic acids is 1. The summed E-state index contributed by atoms with van der Waals surface area (Å²) in [6, 6.07) is 5.86. The summed E-state index contributed by atoms with van der Waals surface area (Å²) in [6.45, 7) is 2.03. The number of methoxy groups -OCH3 is 1. The van der Waals surface area contributed by atoms with Crippen molar-refractivity contribution in [2.45, 2.75) is 37.1 Å². The van der Waals surface area contributed by atoms with Gasteiger partial charge in [0.2, 0.25) is 15.9 Å². The van der Waals surface area contributed by atoms with Crippen molar-refractivity contribution >= 4 is 21.6 Å². The van der Waals surface area contributed by atoms with Gasteiger partial charge in [-0.05, 0) is 44.0 Å². The van der Waals surface area contributed by atoms with E-state index in [1.54, 1.807) is 19.1 Å². The van der Waals surface area contributed by atoms with Gasteiger partial charge in [0.05, 0.1) is 11.5 Å². The number of sulfonamides is 1. The predicted molar refractivity (Wildman–Crippen MR) is 84.1 cm³/mol. The van der Waals surface area contributed by atoms with Gasteiger partial charge in [-0.2, -0.15) is 0 Å². The molecule has 0 heterocycles. The third-order valence-corrected chi connectivity index (χ3v) is 5.29. The molecule has 6 nitrogen and oxygen atoms in total. The summed E-state index contributed by atoms with van der Waals surface area (Å²) in [4.78, 5) is 12.0. The van der Waals surface area contributed by atoms with Crippen LogP contribution in [-0.2, 0) is 19.6 Å². The first kappa shape index (κ1) is 16.9. The zero-order chi connectivity index (χ0) is 16.2. The molecule has 1 amide bonds. The fourth-order valence-electron chi connectivity index (χ4n) is 2.25. The van der Waals surface area contributed by atoms with Crippen molar-refractivity contribution in [3.05, 3.63) is 24.3 Å². The van der Waals surface area contributed by atoms with Crippen molar-refractivity contribution in [2.24, 2.45) is 5.92 Å². The molecule has 1 unspecified atom stereocenters. The minimum Gasteiger partial charge on any atom is -0.383 e. The summed E-state index contributed by atoms with van der Waals surface area (Å²) in [7, 11) is -2.06. The van der Waals surface area contributed by atoms with E-state index in [4.69, 9.17) is 4.74 Å². The Balaban J connectivity index is 1.99. The summed E-state index contributed by atoms with van der Waals surface area (Å²) in [5.41, 5.74) is 0.612. The van der Waals surface area contributed by atoms with E-state index in [-0.39, 0.29) is 22.8 Å². The molecule has 2 N–H and O–H groups in total. The van der Waals surface area contributed by atoms with Gasteiger partial charge in [-0.15, -0.1) is 0 Å². The lowest BCUT2D eigenvalue weighted by molar-refractivity contribution is -0.122. The summed E-state index contributed by atoms with van der Waals surface area (Å²) < 4.78 is 31.8. The first-order chi connectivity index (χ1) is 10.4. The van der Waals surface area contributed by atoms with Crippen molar-refractivity contribution in [3.63, 3.8) is 0 Å². The second-order valence-electron chi connectivity index (χ2n) is 5.62. The van der Waals surface area contributed by atoms with Crippen molar-refractivity contribution in [1.29, 1.82) is 0 Å². The monoisotopic (exact) mass is 326 g/mol. The number of nitrogens with one attached hydrogen (secondary N) is 2. The third-order valence-electron chi connectivity index (χ3n) is 3.68. The van der Waals surface area contributed by atoms with Gasteiger partial charge in [0, 0.05) is 24.8 Å². The Morgan fingerprint density at radius 2 is 1.95 bits per heavy atom. The molecule has 0 spiro atoms. The number of benzene rings is 1. The molecule has 0 aromatic heterocycles. The van der Waals surface area contributed by atoms with Crippen LogP contribution in [0.25, 0.3) is 0 Å². The molecule has 1 fully saturated rings. The first-order valence-corrected chi connectivity index (χ1v) is 8.83. The predicted octanol–water partition coefficient (Wildman–Crippen LogP) is 1.74. The fraction of sp³-hybridized carbons (Fsp3) is 0.533. The Kier molecular flexibility index (Phi) is 5.55. The highest BCUT2D eigenvalue weighted by Gasteiger charge is 2.25. The average molecular weight is 326 g/mol. The van der Waals surface area contributed by atoms with E-state index in [2.05, 4.69) is 10.0 Å². The lowest BCUT2D eigenvalue weighted by Gasteiger charge is -2.24. The van der Waals surface area contributed by atoms with Crippen LogP contribution in [0.5, 0.6) is 0 Å². The van der Waals surface area contributed by atoms with E-state index in [1.165, 1.54) is 19.2 Å². The molecule has 2 rings (SSSR count). The van der Waals surface area contributed by atoms with E-state index >= 15 is 0 Å². The highest BCUT2D eigenvalue weighted by atomic mass is 32.2. The second-order valence-corrected chi connectivity index (χ2v) is 7.33. The molecule has 0 radical (unpaired) electrons. The van der Waals surface area contributed by atoms with Crippen molar-refractivity contribution in [2.75, 3.05) is 19.0 Å². The Labute approximate surface area is 131 Å². The van der Waals surface area contributed by atoms with Crippen LogP contribution in [0.3, 0.4) is 0 Å². The lowest BCUT2D eigenvalue weighted by atomic mass is 9.85. The van der Waals surface area contributed by atoms with Gasteiger partial charge in [0.1, 0.15) is 0 Å². The maximum Gasteiger partial charge on any atom is 0.240 e. The standard InChI is InChI=1S/C15H22N2O4S/c1-11(10-21-2)17-22(19,20)14-8-6-13(7-9-14)16-15(18)12-4-3-5-12/h6-9,11-12,17H,3-5,10H2,1-2H3,(H,16,18). The van der Waals surface area contributed by atoms with Gasteiger partial charge in [-0.3, -0.25) is 4.79 Å². The van der Waals surface area contributed by atoms with Crippen LogP contribution in [0.4, 0.5) is 5.69 Å². The van der Waals surface area contributed by atoms with Gasteiger partial charge in [0.15, 0.2) is 0 Å². The van der Waals surface area contributed by atoms with Crippen LogP contribution in [0, 0.1) is 5.92 Å². The highest BCUT2D eigenvalue weighted by Crippen LogP contribution is 2.27. The third kappa shape index (κ3) is 4.28. The van der Waals surface area contributed by atoms with Crippen molar-refractivity contribution < 1.29 is 17.9 Å². The molecule has 0 bridgehead atoms. The summed E-state index contributed by atoms with van der Waals surface area (Å²) in [5, 5.41) is 2.81. The number of hydrogen-bond donors (Lipinski definition) is 2. The molecule has 22 heavy (non-hydrogen) atoms. The van der Waals surface area contributed by atoms with Gasteiger partial charge in [0.25, 0.3) is 0 Å². The molecule has 1 atom stereocenters. The second kappa shape index (κ2) is 7.21. The summed E-state index contributed by atoms with van der Waals surface area (Å²) in [6.07, 6.45) is 2.96. The van der Waals surface area contributed by atoms with Crippen molar-refractivity contribution in [1.82, 2.24) is 4.72 Å². The summed E-state index contributed by atoms with van der Waals surface area (Å²) in [5.74, 6) is 0.105. The van der Waals surface area contributed by atoms with E-state index < -0.39 is 10.0 Å². The van der Waals surface area contributed by atoms with E-state index in [0.717, 1.165) is 19.3 Å². The number of carbonyl (C=O) groups is 1. The minimum absolute atomic E-state index is 0.00805. The number of rotatable bonds is 7. The van der Waals surface area contributed by atoms with Crippen LogP contribution in [0.15, 0.2) is 29.2 Å². The van der Waals surface area contributed by atoms with Gasteiger partial charge in [-0.25, -0.2) is 13.1 Å². The Bertz CT molecular complexity index is 609. The smallest absolute Gasteiger partial charge is 0.240 e. The van der Waals surface area contributed by atoms with Crippen molar-refractivity contribution in [3.8, 4) is 0 Å². The molecule has 0 saturated heterocycles. The molecule has 1 aliphatic rings. The number of ether oxygens (including phenoxy) is 1. The zero-order valence-electron chi connectivity index (χ0n) is 12.8. The van der Waals surface area contributed by atoms with Crippen LogP contribution in [0.1, 0.15) is 26.2 Å². The Morgan fingerprint density at radius 3 is 2.45 bits per heavy atom. The molecule has 1 saturated carbocycles. The number of amides is 1. The van der Waals surface area contributed by atoms with Crippen LogP contribution >= 0.6 is 0 Å². The van der Waals surface area contributed by atoms with E-state index in [1.807, 2.05) is 0 Å². The Hall–Kier alpha value is -1.44. The van der Waals surface area contributed by atoms with Crippen LogP contribution in [-0.4, -0.2) is 34.1 Å². The molecule has 122 valence electrons. The molecule has 1 aromatic rings. The average Bonchev–Trinajstić information content (AvgIpc) is 2.36. The molecular weight excluding hydrogens is 304 g/mol. The summed E-state index contributed by atoms with van der Waals surface area (Å²) >= 11 is 0.